The Kier molecular flexibility index (Phi) is 6.84. The number of carbonyl (C=O) groups is 1. The Morgan fingerprint density at radius 3 is 2.93 bits per heavy atom. The van der Waals surface area contributed by atoms with Crippen LogP contribution in [0.3, 0.4) is 0 Å². The summed E-state index contributed by atoms with van der Waals surface area (Å²) in [6, 6.07) is 6.10. The predicted octanol–water partition coefficient (Wildman–Crippen LogP) is 3.78. The molecular formula is C24H36N2O4. The summed E-state index contributed by atoms with van der Waals surface area (Å²) in [7, 11) is 0. The summed E-state index contributed by atoms with van der Waals surface area (Å²) in [5.41, 5.74) is 0.479. The van der Waals surface area contributed by atoms with Crippen molar-refractivity contribution < 1.29 is 19.4 Å². The van der Waals surface area contributed by atoms with E-state index >= 15 is 0 Å². The molecule has 2 fully saturated rings. The number of aliphatic hydroxyl groups is 1. The third kappa shape index (κ3) is 4.59. The van der Waals surface area contributed by atoms with Crippen molar-refractivity contribution in [3.05, 3.63) is 23.8 Å². The zero-order chi connectivity index (χ0) is 21.0. The molecule has 2 unspecified atom stereocenters. The van der Waals surface area contributed by atoms with Crippen molar-refractivity contribution in [3.63, 3.8) is 0 Å². The fourth-order valence-corrected chi connectivity index (χ4v) is 5.48. The zero-order valence-electron chi connectivity index (χ0n) is 18.2. The normalized spacial score (nSPS) is 28.2. The van der Waals surface area contributed by atoms with E-state index in [9.17, 15) is 9.90 Å². The standard InChI is InChI=1S/C24H36N2O4/c1-2-3-4-7-13-25-22(27)16-26-14-12-24(28)11-6-5-8-19(24)23(26)18-9-10-20-21(15-18)30-17-29-20/h9-10,15,19,23,28H,2-8,11-14,16-17H2,1H3,(H,25,27)/t19?,23-,24?/m0/s1. The summed E-state index contributed by atoms with van der Waals surface area (Å²) < 4.78 is 11.1. The van der Waals surface area contributed by atoms with Gasteiger partial charge in [0.05, 0.1) is 12.1 Å². The summed E-state index contributed by atoms with van der Waals surface area (Å²) in [5, 5.41) is 14.5. The fourth-order valence-electron chi connectivity index (χ4n) is 5.48. The second-order valence-corrected chi connectivity index (χ2v) is 9.14. The summed E-state index contributed by atoms with van der Waals surface area (Å²) >= 11 is 0. The third-order valence-electron chi connectivity index (χ3n) is 7.11. The van der Waals surface area contributed by atoms with Crippen LogP contribution in [0.5, 0.6) is 11.5 Å². The van der Waals surface area contributed by atoms with Crippen molar-refractivity contribution >= 4 is 5.91 Å². The molecule has 1 aliphatic carbocycles. The van der Waals surface area contributed by atoms with Crippen molar-refractivity contribution in [1.82, 2.24) is 10.2 Å². The van der Waals surface area contributed by atoms with Gasteiger partial charge in [0.25, 0.3) is 0 Å². The Bertz CT molecular complexity index is 740. The van der Waals surface area contributed by atoms with Crippen molar-refractivity contribution in [1.29, 1.82) is 0 Å². The van der Waals surface area contributed by atoms with Crippen LogP contribution in [0, 0.1) is 5.92 Å². The maximum Gasteiger partial charge on any atom is 0.234 e. The second kappa shape index (κ2) is 9.56. The van der Waals surface area contributed by atoms with Gasteiger partial charge in [-0.2, -0.15) is 0 Å². The number of hydrogen-bond acceptors (Lipinski definition) is 5. The Labute approximate surface area is 179 Å². The number of rotatable bonds is 8. The number of carbonyl (C=O) groups excluding carboxylic acids is 1. The molecule has 1 aromatic rings. The molecule has 2 N–H and O–H groups in total. The lowest BCUT2D eigenvalue weighted by Gasteiger charge is -2.52. The fraction of sp³-hybridized carbons (Fsp3) is 0.708. The summed E-state index contributed by atoms with van der Waals surface area (Å²) in [6.45, 7) is 4.29. The Hall–Kier alpha value is -1.79. The Balaban J connectivity index is 1.49. The minimum Gasteiger partial charge on any atom is -0.454 e. The van der Waals surface area contributed by atoms with Crippen LogP contribution in [0.1, 0.15) is 76.3 Å². The van der Waals surface area contributed by atoms with Gasteiger partial charge in [-0.05, 0) is 43.4 Å². The van der Waals surface area contributed by atoms with Gasteiger partial charge in [-0.3, -0.25) is 9.69 Å². The van der Waals surface area contributed by atoms with Gasteiger partial charge in [0.1, 0.15) is 0 Å². The smallest absolute Gasteiger partial charge is 0.234 e. The summed E-state index contributed by atoms with van der Waals surface area (Å²) in [4.78, 5) is 15.0. The molecule has 166 valence electrons. The molecule has 0 bridgehead atoms. The first-order valence-corrected chi connectivity index (χ1v) is 11.7. The minimum absolute atomic E-state index is 0.0180. The van der Waals surface area contributed by atoms with Gasteiger partial charge in [-0.15, -0.1) is 0 Å². The maximum absolute atomic E-state index is 12.7. The van der Waals surface area contributed by atoms with Crippen molar-refractivity contribution in [2.24, 2.45) is 5.92 Å². The largest absolute Gasteiger partial charge is 0.454 e. The van der Waals surface area contributed by atoms with Crippen LogP contribution in [0.15, 0.2) is 18.2 Å². The van der Waals surface area contributed by atoms with E-state index in [1.165, 1.54) is 12.8 Å². The quantitative estimate of drug-likeness (QED) is 0.631. The van der Waals surface area contributed by atoms with E-state index in [-0.39, 0.29) is 24.7 Å². The first-order valence-electron chi connectivity index (χ1n) is 11.7. The average molecular weight is 417 g/mol. The highest BCUT2D eigenvalue weighted by molar-refractivity contribution is 5.78. The molecule has 2 heterocycles. The van der Waals surface area contributed by atoms with Crippen LogP contribution >= 0.6 is 0 Å². The number of nitrogens with one attached hydrogen (secondary N) is 1. The van der Waals surface area contributed by atoms with Gasteiger partial charge in [0.15, 0.2) is 11.5 Å². The van der Waals surface area contributed by atoms with E-state index in [1.54, 1.807) is 0 Å². The van der Waals surface area contributed by atoms with Crippen molar-refractivity contribution in [2.75, 3.05) is 26.4 Å². The van der Waals surface area contributed by atoms with Crippen molar-refractivity contribution in [2.45, 2.75) is 76.4 Å². The molecular weight excluding hydrogens is 380 g/mol. The van der Waals surface area contributed by atoms with E-state index in [0.717, 1.165) is 75.1 Å². The zero-order valence-corrected chi connectivity index (χ0v) is 18.2. The molecule has 0 spiro atoms. The molecule has 1 saturated carbocycles. The molecule has 3 aliphatic rings. The molecule has 3 atom stereocenters. The van der Waals surface area contributed by atoms with Gasteiger partial charge < -0.3 is 19.9 Å². The molecule has 30 heavy (non-hydrogen) atoms. The molecule has 6 heteroatoms. The van der Waals surface area contributed by atoms with Crippen LogP contribution < -0.4 is 14.8 Å². The summed E-state index contributed by atoms with van der Waals surface area (Å²) in [6.07, 6.45) is 9.41. The molecule has 1 amide bonds. The van der Waals surface area contributed by atoms with Gasteiger partial charge >= 0.3 is 0 Å². The number of unbranched alkanes of at least 4 members (excludes halogenated alkanes) is 3. The number of piperidine rings is 1. The van der Waals surface area contributed by atoms with Crippen molar-refractivity contribution in [3.8, 4) is 11.5 Å². The van der Waals surface area contributed by atoms with Crippen LogP contribution in [-0.4, -0.2) is 47.9 Å². The number of benzene rings is 1. The molecule has 0 aromatic heterocycles. The first-order chi connectivity index (χ1) is 14.6. The van der Waals surface area contributed by atoms with Gasteiger partial charge in [0, 0.05) is 25.0 Å². The number of likely N-dealkylation sites (tertiary alicyclic amines) is 1. The molecule has 1 saturated heterocycles. The number of amides is 1. The second-order valence-electron chi connectivity index (χ2n) is 9.14. The highest BCUT2D eigenvalue weighted by Crippen LogP contribution is 2.50. The maximum atomic E-state index is 12.7. The lowest BCUT2D eigenvalue weighted by molar-refractivity contribution is -0.137. The van der Waals surface area contributed by atoms with E-state index < -0.39 is 5.60 Å². The molecule has 6 nitrogen and oxygen atoms in total. The number of fused-ring (bicyclic) bond motifs is 2. The molecule has 4 rings (SSSR count). The Morgan fingerprint density at radius 1 is 1.20 bits per heavy atom. The minimum atomic E-state index is -0.633. The van der Waals surface area contributed by atoms with E-state index in [4.69, 9.17) is 9.47 Å². The van der Waals surface area contributed by atoms with E-state index in [0.29, 0.717) is 6.54 Å². The molecule has 0 radical (unpaired) electrons. The highest BCUT2D eigenvalue weighted by atomic mass is 16.7. The molecule has 2 aliphatic heterocycles. The van der Waals surface area contributed by atoms with Crippen LogP contribution in [0.4, 0.5) is 0 Å². The number of ether oxygens (including phenoxy) is 2. The number of nitrogens with zero attached hydrogens (tertiary/aromatic N) is 1. The van der Waals surface area contributed by atoms with Crippen LogP contribution in [-0.2, 0) is 4.79 Å². The topological polar surface area (TPSA) is 71.0 Å². The monoisotopic (exact) mass is 416 g/mol. The average Bonchev–Trinajstić information content (AvgIpc) is 3.21. The number of hydrogen-bond donors (Lipinski definition) is 2. The van der Waals surface area contributed by atoms with E-state index in [2.05, 4.69) is 23.2 Å². The van der Waals surface area contributed by atoms with Gasteiger partial charge in [0.2, 0.25) is 12.7 Å². The van der Waals surface area contributed by atoms with Gasteiger partial charge in [-0.25, -0.2) is 0 Å². The summed E-state index contributed by atoms with van der Waals surface area (Å²) in [5.74, 6) is 1.75. The van der Waals surface area contributed by atoms with Crippen LogP contribution in [0.2, 0.25) is 0 Å². The lowest BCUT2D eigenvalue weighted by atomic mass is 9.66. The van der Waals surface area contributed by atoms with E-state index in [1.807, 2.05) is 12.1 Å². The highest BCUT2D eigenvalue weighted by Gasteiger charge is 2.49. The van der Waals surface area contributed by atoms with Gasteiger partial charge in [-0.1, -0.05) is 45.1 Å². The Morgan fingerprint density at radius 2 is 2.07 bits per heavy atom. The lowest BCUT2D eigenvalue weighted by Crippen LogP contribution is -2.56. The predicted molar refractivity (Wildman–Crippen MR) is 116 cm³/mol. The first kappa shape index (κ1) is 21.4. The molecule has 1 aromatic carbocycles. The van der Waals surface area contributed by atoms with Crippen LogP contribution in [0.25, 0.3) is 0 Å². The third-order valence-corrected chi connectivity index (χ3v) is 7.11. The SMILES string of the molecule is CCCCCCNC(=O)CN1CCC2(O)CCCCC2[C@@H]1c1ccc2c(c1)OCO2.